The topological polar surface area (TPSA) is 73.8 Å². The Balaban J connectivity index is 0.00000363. The lowest BCUT2D eigenvalue weighted by atomic mass is 10.1. The van der Waals surface area contributed by atoms with E-state index in [9.17, 15) is 8.42 Å². The summed E-state index contributed by atoms with van der Waals surface area (Å²) in [7, 11) is -3.17. The van der Waals surface area contributed by atoms with Gasteiger partial charge in [0.1, 0.15) is 0 Å². The molecule has 6 nitrogen and oxygen atoms in total. The summed E-state index contributed by atoms with van der Waals surface area (Å²) >= 11 is 0. The third-order valence-corrected chi connectivity index (χ3v) is 6.58. The lowest BCUT2D eigenvalue weighted by Gasteiger charge is -2.26. The number of piperidine rings is 1. The van der Waals surface area contributed by atoms with E-state index in [1.165, 1.54) is 49.7 Å². The van der Waals surface area contributed by atoms with Crippen molar-refractivity contribution in [2.75, 3.05) is 25.9 Å². The minimum Gasteiger partial charge on any atom is -0.357 e. The molecule has 0 bridgehead atoms. The van der Waals surface area contributed by atoms with Gasteiger partial charge in [-0.15, -0.1) is 24.0 Å². The van der Waals surface area contributed by atoms with Gasteiger partial charge in [0.25, 0.3) is 0 Å². The number of guanidine groups is 1. The van der Waals surface area contributed by atoms with E-state index >= 15 is 0 Å². The van der Waals surface area contributed by atoms with E-state index in [-0.39, 0.29) is 24.0 Å². The average molecular weight is 571 g/mol. The molecule has 8 heteroatoms. The molecule has 0 aromatic heterocycles. The minimum atomic E-state index is -3.17. The van der Waals surface area contributed by atoms with Gasteiger partial charge in [-0.05, 0) is 61.7 Å². The quantitative estimate of drug-likeness (QED) is 0.286. The highest BCUT2D eigenvalue weighted by atomic mass is 127. The fraction of sp³-hybridized carbons (Fsp3) is 0.458. The normalized spacial score (nSPS) is 15.1. The van der Waals surface area contributed by atoms with Crippen molar-refractivity contribution in [1.82, 2.24) is 15.5 Å². The van der Waals surface area contributed by atoms with E-state index in [1.54, 1.807) is 12.1 Å². The standard InChI is InChI=1S/C24H34N4O2S.HI/c1-3-25-24(27-18-21-11-13-23(14-12-21)31(2,29)30)26-17-20-7-9-22(10-8-20)19-28-15-5-4-6-16-28;/h7-14H,3-6,15-19H2,1-2H3,(H2,25,26,27);1H. The maximum Gasteiger partial charge on any atom is 0.191 e. The number of nitrogens with one attached hydrogen (secondary N) is 2. The fourth-order valence-electron chi connectivity index (χ4n) is 3.68. The Hall–Kier alpha value is -1.65. The van der Waals surface area contributed by atoms with Crippen LogP contribution in [0.5, 0.6) is 0 Å². The Kier molecular flexibility index (Phi) is 10.9. The van der Waals surface area contributed by atoms with Crippen molar-refractivity contribution in [3.05, 3.63) is 65.2 Å². The fourth-order valence-corrected chi connectivity index (χ4v) is 4.31. The van der Waals surface area contributed by atoms with Gasteiger partial charge >= 0.3 is 0 Å². The molecule has 2 aromatic carbocycles. The highest BCUT2D eigenvalue weighted by Gasteiger charge is 2.10. The van der Waals surface area contributed by atoms with Crippen LogP contribution in [0.25, 0.3) is 0 Å². The molecular weight excluding hydrogens is 535 g/mol. The van der Waals surface area contributed by atoms with Crippen molar-refractivity contribution >= 4 is 39.8 Å². The molecule has 1 fully saturated rings. The molecule has 0 radical (unpaired) electrons. The van der Waals surface area contributed by atoms with Gasteiger partial charge < -0.3 is 10.6 Å². The number of benzene rings is 2. The molecule has 0 saturated carbocycles. The van der Waals surface area contributed by atoms with Gasteiger partial charge in [0, 0.05) is 25.9 Å². The predicted octanol–water partition coefficient (Wildman–Crippen LogP) is 3.95. The summed E-state index contributed by atoms with van der Waals surface area (Å²) in [4.78, 5) is 7.49. The molecular formula is C24H35IN4O2S. The number of aliphatic imine (C=N–C) groups is 1. The second kappa shape index (κ2) is 13.2. The van der Waals surface area contributed by atoms with Gasteiger partial charge in [0.15, 0.2) is 15.8 Å². The van der Waals surface area contributed by atoms with Crippen LogP contribution in [-0.4, -0.2) is 45.2 Å². The lowest BCUT2D eigenvalue weighted by molar-refractivity contribution is 0.221. The number of sulfone groups is 1. The Labute approximate surface area is 209 Å². The molecule has 176 valence electrons. The first-order chi connectivity index (χ1) is 14.9. The highest BCUT2D eigenvalue weighted by molar-refractivity contribution is 14.0. The molecule has 0 spiro atoms. The van der Waals surface area contributed by atoms with Gasteiger partial charge in [-0.1, -0.05) is 42.8 Å². The van der Waals surface area contributed by atoms with Crippen LogP contribution >= 0.6 is 24.0 Å². The number of hydrogen-bond acceptors (Lipinski definition) is 4. The molecule has 0 unspecified atom stereocenters. The monoisotopic (exact) mass is 570 g/mol. The summed E-state index contributed by atoms with van der Waals surface area (Å²) in [5.74, 6) is 0.743. The molecule has 1 aliphatic rings. The molecule has 0 aliphatic carbocycles. The van der Waals surface area contributed by atoms with Crippen molar-refractivity contribution < 1.29 is 8.42 Å². The smallest absolute Gasteiger partial charge is 0.191 e. The zero-order chi connectivity index (χ0) is 22.1. The molecule has 1 heterocycles. The average Bonchev–Trinajstić information content (AvgIpc) is 2.77. The van der Waals surface area contributed by atoms with E-state index in [1.807, 2.05) is 19.1 Å². The van der Waals surface area contributed by atoms with E-state index in [0.717, 1.165) is 24.6 Å². The molecule has 32 heavy (non-hydrogen) atoms. The number of rotatable bonds is 8. The first-order valence-electron chi connectivity index (χ1n) is 11.1. The van der Waals surface area contributed by atoms with Gasteiger partial charge in [-0.2, -0.15) is 0 Å². The van der Waals surface area contributed by atoms with Crippen LogP contribution in [0.4, 0.5) is 0 Å². The second-order valence-electron chi connectivity index (χ2n) is 8.12. The van der Waals surface area contributed by atoms with Gasteiger partial charge in [0.05, 0.1) is 11.4 Å². The number of likely N-dealkylation sites (tertiary alicyclic amines) is 1. The molecule has 0 amide bonds. The van der Waals surface area contributed by atoms with Crippen molar-refractivity contribution in [2.45, 2.75) is 50.7 Å². The number of halogens is 1. The van der Waals surface area contributed by atoms with Crippen molar-refractivity contribution in [3.8, 4) is 0 Å². The lowest BCUT2D eigenvalue weighted by Crippen LogP contribution is -2.36. The predicted molar refractivity (Wildman–Crippen MR) is 142 cm³/mol. The van der Waals surface area contributed by atoms with Crippen molar-refractivity contribution in [1.29, 1.82) is 0 Å². The Morgan fingerprint density at radius 3 is 2.09 bits per heavy atom. The third-order valence-electron chi connectivity index (χ3n) is 5.45. The first-order valence-corrected chi connectivity index (χ1v) is 12.9. The molecule has 0 atom stereocenters. The molecule has 1 aliphatic heterocycles. The van der Waals surface area contributed by atoms with E-state index in [2.05, 4.69) is 44.8 Å². The van der Waals surface area contributed by atoms with Gasteiger partial charge in [-0.3, -0.25) is 4.90 Å². The van der Waals surface area contributed by atoms with E-state index in [0.29, 0.717) is 18.0 Å². The van der Waals surface area contributed by atoms with Crippen LogP contribution in [0, 0.1) is 0 Å². The first kappa shape index (κ1) is 26.6. The van der Waals surface area contributed by atoms with E-state index in [4.69, 9.17) is 0 Å². The molecule has 2 N–H and O–H groups in total. The molecule has 2 aromatic rings. The van der Waals surface area contributed by atoms with Crippen LogP contribution in [-0.2, 0) is 29.5 Å². The Bertz CT molecular complexity index is 954. The Morgan fingerprint density at radius 2 is 1.50 bits per heavy atom. The van der Waals surface area contributed by atoms with Crippen LogP contribution < -0.4 is 10.6 Å². The molecule has 1 saturated heterocycles. The summed E-state index contributed by atoms with van der Waals surface area (Å²) in [5.41, 5.74) is 3.54. The minimum absolute atomic E-state index is 0. The summed E-state index contributed by atoms with van der Waals surface area (Å²) in [6.07, 6.45) is 5.21. The van der Waals surface area contributed by atoms with Crippen LogP contribution in [0.15, 0.2) is 58.4 Å². The summed E-state index contributed by atoms with van der Waals surface area (Å²) in [6, 6.07) is 15.7. The Morgan fingerprint density at radius 1 is 0.906 bits per heavy atom. The summed E-state index contributed by atoms with van der Waals surface area (Å²) in [6.45, 7) is 7.44. The second-order valence-corrected chi connectivity index (χ2v) is 10.1. The SMILES string of the molecule is CCNC(=NCc1ccc(S(C)(=O)=O)cc1)NCc1ccc(CN2CCCCC2)cc1.I. The van der Waals surface area contributed by atoms with Gasteiger partial charge in [-0.25, -0.2) is 13.4 Å². The zero-order valence-corrected chi connectivity index (χ0v) is 22.2. The summed E-state index contributed by atoms with van der Waals surface area (Å²) in [5, 5.41) is 6.64. The maximum absolute atomic E-state index is 11.6. The highest BCUT2D eigenvalue weighted by Crippen LogP contribution is 2.14. The van der Waals surface area contributed by atoms with Crippen LogP contribution in [0.1, 0.15) is 42.9 Å². The van der Waals surface area contributed by atoms with Crippen LogP contribution in [0.3, 0.4) is 0 Å². The third kappa shape index (κ3) is 8.71. The number of nitrogens with zero attached hydrogens (tertiary/aromatic N) is 2. The maximum atomic E-state index is 11.6. The largest absolute Gasteiger partial charge is 0.357 e. The van der Waals surface area contributed by atoms with Crippen LogP contribution in [0.2, 0.25) is 0 Å². The van der Waals surface area contributed by atoms with E-state index < -0.39 is 9.84 Å². The van der Waals surface area contributed by atoms with Crippen molar-refractivity contribution in [3.63, 3.8) is 0 Å². The number of hydrogen-bond donors (Lipinski definition) is 2. The zero-order valence-electron chi connectivity index (χ0n) is 19.0. The molecule has 3 rings (SSSR count). The van der Waals surface area contributed by atoms with Crippen molar-refractivity contribution in [2.24, 2.45) is 4.99 Å². The summed E-state index contributed by atoms with van der Waals surface area (Å²) < 4.78 is 23.2. The van der Waals surface area contributed by atoms with Gasteiger partial charge in [0.2, 0.25) is 0 Å².